The maximum Gasteiger partial charge on any atom is 0.234 e. The third kappa shape index (κ3) is 1.07. The Labute approximate surface area is 84.9 Å². The number of hydrogen-bond donors (Lipinski definition) is 1. The van der Waals surface area contributed by atoms with Gasteiger partial charge in [-0.05, 0) is 12.8 Å². The highest BCUT2D eigenvalue weighted by Gasteiger charge is 2.34. The summed E-state index contributed by atoms with van der Waals surface area (Å²) in [5.41, 5.74) is 6.09. The van der Waals surface area contributed by atoms with Gasteiger partial charge in [-0.3, -0.25) is 0 Å². The molecule has 5 nitrogen and oxygen atoms in total. The van der Waals surface area contributed by atoms with Crippen LogP contribution in [0.4, 0.5) is 0 Å². The van der Waals surface area contributed by atoms with Gasteiger partial charge in [-0.1, -0.05) is 24.2 Å². The highest BCUT2D eigenvalue weighted by atomic mass is 32.1. The van der Waals surface area contributed by atoms with Crippen molar-refractivity contribution >= 4 is 16.3 Å². The highest BCUT2D eigenvalue weighted by molar-refractivity contribution is 7.16. The van der Waals surface area contributed by atoms with Crippen molar-refractivity contribution < 1.29 is 0 Å². The summed E-state index contributed by atoms with van der Waals surface area (Å²) in [4.78, 5) is 0.830. The summed E-state index contributed by atoms with van der Waals surface area (Å²) in [5, 5.41) is 13.1. The van der Waals surface area contributed by atoms with Crippen molar-refractivity contribution in [3.05, 3.63) is 11.3 Å². The molecule has 0 amide bonds. The molecule has 2 aromatic rings. The molecule has 0 aliphatic heterocycles. The molecule has 1 aliphatic carbocycles. The zero-order chi connectivity index (χ0) is 9.60. The summed E-state index contributed by atoms with van der Waals surface area (Å²) in [6.45, 7) is 0. The molecule has 14 heavy (non-hydrogen) atoms. The van der Waals surface area contributed by atoms with Crippen LogP contribution in [0.5, 0.6) is 0 Å². The van der Waals surface area contributed by atoms with Gasteiger partial charge in [0.2, 0.25) is 4.96 Å². The lowest BCUT2D eigenvalue weighted by Crippen LogP contribution is -2.33. The zero-order valence-corrected chi connectivity index (χ0v) is 8.50. The van der Waals surface area contributed by atoms with E-state index < -0.39 is 0 Å². The van der Waals surface area contributed by atoms with Gasteiger partial charge in [-0.15, -0.1) is 10.2 Å². The molecule has 0 spiro atoms. The van der Waals surface area contributed by atoms with Crippen molar-refractivity contribution in [3.63, 3.8) is 0 Å². The van der Waals surface area contributed by atoms with E-state index in [1.807, 2.05) is 0 Å². The maximum atomic E-state index is 6.29. The summed E-state index contributed by atoms with van der Waals surface area (Å²) < 4.78 is 1.70. The fourth-order valence-corrected chi connectivity index (χ4v) is 2.96. The number of aromatic nitrogens is 4. The van der Waals surface area contributed by atoms with Gasteiger partial charge in [-0.2, -0.15) is 9.61 Å². The van der Waals surface area contributed by atoms with Gasteiger partial charge < -0.3 is 5.73 Å². The molecule has 2 N–H and O–H groups in total. The molecule has 6 heteroatoms. The van der Waals surface area contributed by atoms with Gasteiger partial charge in [0.25, 0.3) is 0 Å². The molecule has 1 fully saturated rings. The first-order valence-electron chi connectivity index (χ1n) is 4.74. The molecule has 0 radical (unpaired) electrons. The number of fused-ring (bicyclic) bond motifs is 1. The molecule has 1 aliphatic rings. The van der Waals surface area contributed by atoms with Crippen molar-refractivity contribution in [1.82, 2.24) is 19.8 Å². The predicted molar refractivity (Wildman–Crippen MR) is 53.0 cm³/mol. The Balaban J connectivity index is 2.08. The van der Waals surface area contributed by atoms with Crippen molar-refractivity contribution in [2.45, 2.75) is 31.2 Å². The topological polar surface area (TPSA) is 69.1 Å². The summed E-state index contributed by atoms with van der Waals surface area (Å²) in [6.07, 6.45) is 6.11. The summed E-state index contributed by atoms with van der Waals surface area (Å²) in [6, 6.07) is 0. The average molecular weight is 209 g/mol. The van der Waals surface area contributed by atoms with Gasteiger partial charge in [0.1, 0.15) is 11.3 Å². The number of rotatable bonds is 1. The van der Waals surface area contributed by atoms with E-state index in [2.05, 4.69) is 15.3 Å². The van der Waals surface area contributed by atoms with Crippen LogP contribution >= 0.6 is 11.3 Å². The van der Waals surface area contributed by atoms with E-state index in [9.17, 15) is 0 Å². The Morgan fingerprint density at radius 1 is 1.43 bits per heavy atom. The molecule has 0 atom stereocenters. The molecule has 2 heterocycles. The summed E-state index contributed by atoms with van der Waals surface area (Å²) in [7, 11) is 0. The van der Waals surface area contributed by atoms with Crippen LogP contribution in [0.2, 0.25) is 0 Å². The molecule has 74 valence electrons. The lowest BCUT2D eigenvalue weighted by molar-refractivity contribution is 0.453. The standard InChI is InChI=1S/C8H11N5S/c9-8(3-1-2-4-8)6-12-13-5-10-11-7(13)14-6/h5H,1-4,9H2. The van der Waals surface area contributed by atoms with Gasteiger partial charge in [0.15, 0.2) is 0 Å². The van der Waals surface area contributed by atoms with Crippen LogP contribution in [0, 0.1) is 0 Å². The van der Waals surface area contributed by atoms with Gasteiger partial charge in [0, 0.05) is 0 Å². The third-order valence-electron chi connectivity index (χ3n) is 2.81. The fourth-order valence-electron chi connectivity index (χ4n) is 1.98. The van der Waals surface area contributed by atoms with Gasteiger partial charge >= 0.3 is 0 Å². The van der Waals surface area contributed by atoms with Crippen LogP contribution in [0.15, 0.2) is 6.33 Å². The molecular formula is C8H11N5S. The first-order valence-corrected chi connectivity index (χ1v) is 5.56. The molecule has 2 aromatic heterocycles. The second-order valence-corrected chi connectivity index (χ2v) is 4.78. The zero-order valence-electron chi connectivity index (χ0n) is 7.68. The largest absolute Gasteiger partial charge is 0.319 e. The molecule has 0 unspecified atom stereocenters. The summed E-state index contributed by atoms with van der Waals surface area (Å²) >= 11 is 1.55. The number of nitrogens with zero attached hydrogens (tertiary/aromatic N) is 4. The molecule has 0 saturated heterocycles. The molecule has 0 aromatic carbocycles. The van der Waals surface area contributed by atoms with E-state index in [0.29, 0.717) is 0 Å². The molecule has 1 saturated carbocycles. The lowest BCUT2D eigenvalue weighted by Gasteiger charge is -2.18. The van der Waals surface area contributed by atoms with E-state index in [4.69, 9.17) is 5.73 Å². The second kappa shape index (κ2) is 2.74. The first kappa shape index (κ1) is 8.31. The maximum absolute atomic E-state index is 6.29. The summed E-state index contributed by atoms with van der Waals surface area (Å²) in [5.74, 6) is 0. The van der Waals surface area contributed by atoms with Crippen LogP contribution in [0.3, 0.4) is 0 Å². The Morgan fingerprint density at radius 3 is 2.93 bits per heavy atom. The molecular weight excluding hydrogens is 198 g/mol. The monoisotopic (exact) mass is 209 g/mol. The van der Waals surface area contributed by atoms with E-state index in [1.54, 1.807) is 22.2 Å². The smallest absolute Gasteiger partial charge is 0.234 e. The van der Waals surface area contributed by atoms with Gasteiger partial charge in [-0.25, -0.2) is 0 Å². The van der Waals surface area contributed by atoms with Crippen molar-refractivity contribution in [2.75, 3.05) is 0 Å². The normalized spacial score (nSPS) is 20.6. The Bertz CT molecular complexity index is 424. The Kier molecular flexibility index (Phi) is 1.63. The van der Waals surface area contributed by atoms with E-state index in [1.165, 1.54) is 12.8 Å². The molecule has 3 rings (SSSR count). The fraction of sp³-hybridized carbons (Fsp3) is 0.625. The predicted octanol–water partition coefficient (Wildman–Crippen LogP) is 0.914. The minimum absolute atomic E-state index is 0.203. The van der Waals surface area contributed by atoms with Gasteiger partial charge in [0.05, 0.1) is 5.54 Å². The van der Waals surface area contributed by atoms with Crippen molar-refractivity contribution in [3.8, 4) is 0 Å². The lowest BCUT2D eigenvalue weighted by atomic mass is 10.0. The van der Waals surface area contributed by atoms with Crippen molar-refractivity contribution in [2.24, 2.45) is 5.73 Å². The molecule has 0 bridgehead atoms. The van der Waals surface area contributed by atoms with Crippen LogP contribution in [0.25, 0.3) is 4.96 Å². The SMILES string of the molecule is NC1(c2nn3cnnc3s2)CCCC1. The van der Waals surface area contributed by atoms with Crippen LogP contribution in [-0.4, -0.2) is 19.8 Å². The van der Waals surface area contributed by atoms with E-state index >= 15 is 0 Å². The Hall–Kier alpha value is -1.01. The van der Waals surface area contributed by atoms with Crippen molar-refractivity contribution in [1.29, 1.82) is 0 Å². The quantitative estimate of drug-likeness (QED) is 0.758. The van der Waals surface area contributed by atoms with Crippen LogP contribution < -0.4 is 5.73 Å². The second-order valence-electron chi connectivity index (χ2n) is 3.83. The Morgan fingerprint density at radius 2 is 2.21 bits per heavy atom. The minimum atomic E-state index is -0.203. The average Bonchev–Trinajstić information content (AvgIpc) is 2.75. The third-order valence-corrected chi connectivity index (χ3v) is 3.94. The van der Waals surface area contributed by atoms with E-state index in [-0.39, 0.29) is 5.54 Å². The number of hydrogen-bond acceptors (Lipinski definition) is 5. The first-order chi connectivity index (χ1) is 6.78. The minimum Gasteiger partial charge on any atom is -0.319 e. The number of nitrogens with two attached hydrogens (primary N) is 1. The highest BCUT2D eigenvalue weighted by Crippen LogP contribution is 2.37. The van der Waals surface area contributed by atoms with E-state index in [0.717, 1.165) is 22.8 Å². The van der Waals surface area contributed by atoms with Crippen LogP contribution in [-0.2, 0) is 5.54 Å². The van der Waals surface area contributed by atoms with Crippen LogP contribution in [0.1, 0.15) is 30.7 Å².